The molecule has 0 unspecified atom stereocenters. The van der Waals surface area contributed by atoms with Crippen molar-refractivity contribution < 1.29 is 4.57 Å². The highest BCUT2D eigenvalue weighted by molar-refractivity contribution is 6.30. The maximum absolute atomic E-state index is 2.51. The molecule has 0 radical (unpaired) electrons. The Morgan fingerprint density at radius 2 is 1.50 bits per heavy atom. The van der Waals surface area contributed by atoms with Gasteiger partial charge in [0.15, 0.2) is 6.20 Å². The monoisotopic (exact) mass is 413 g/mol. The van der Waals surface area contributed by atoms with Crippen molar-refractivity contribution in [2.24, 2.45) is 7.05 Å². The summed E-state index contributed by atoms with van der Waals surface area (Å²) in [4.78, 5) is 0. The van der Waals surface area contributed by atoms with Gasteiger partial charge in [-0.05, 0) is 58.3 Å². The molecule has 0 bridgehead atoms. The smallest absolute Gasteiger partial charge is 0.238 e. The minimum Gasteiger partial charge on any atom is -0.303 e. The van der Waals surface area contributed by atoms with Crippen LogP contribution in [0.15, 0.2) is 72.9 Å². The Hall–Kier alpha value is -3.65. The van der Waals surface area contributed by atoms with Gasteiger partial charge in [0.25, 0.3) is 0 Å². The molecule has 0 aliphatic carbocycles. The van der Waals surface area contributed by atoms with Gasteiger partial charge in [-0.25, -0.2) is 0 Å². The van der Waals surface area contributed by atoms with Crippen molar-refractivity contribution in [3.8, 4) is 0 Å². The number of hydrogen-bond donors (Lipinski definition) is 0. The van der Waals surface area contributed by atoms with E-state index in [9.17, 15) is 0 Å². The van der Waals surface area contributed by atoms with E-state index in [4.69, 9.17) is 0 Å². The number of nitrogens with zero attached hydrogens (tertiary/aromatic N) is 2. The van der Waals surface area contributed by atoms with Gasteiger partial charge in [-0.1, -0.05) is 56.3 Å². The Bertz CT molecular complexity index is 1870. The first-order valence-corrected chi connectivity index (χ1v) is 11.5. The molecule has 0 amide bonds. The van der Waals surface area contributed by atoms with Gasteiger partial charge in [0.05, 0.1) is 16.4 Å². The lowest BCUT2D eigenvalue weighted by Crippen LogP contribution is -2.29. The van der Waals surface area contributed by atoms with E-state index in [-0.39, 0.29) is 0 Å². The molecule has 0 N–H and O–H groups in total. The van der Waals surface area contributed by atoms with Crippen LogP contribution in [0.25, 0.3) is 59.8 Å². The molecule has 0 saturated carbocycles. The minimum absolute atomic E-state index is 0.510. The lowest BCUT2D eigenvalue weighted by atomic mass is 9.92. The molecule has 0 atom stereocenters. The fourth-order valence-corrected chi connectivity index (χ4v) is 5.94. The van der Waals surface area contributed by atoms with Gasteiger partial charge in [-0.15, -0.1) is 0 Å². The Morgan fingerprint density at radius 3 is 2.31 bits per heavy atom. The molecule has 0 spiro atoms. The van der Waals surface area contributed by atoms with Crippen molar-refractivity contribution in [2.75, 3.05) is 0 Å². The zero-order chi connectivity index (χ0) is 21.7. The van der Waals surface area contributed by atoms with Crippen molar-refractivity contribution in [3.63, 3.8) is 0 Å². The number of rotatable bonds is 1. The summed E-state index contributed by atoms with van der Waals surface area (Å²) >= 11 is 0. The van der Waals surface area contributed by atoms with E-state index in [0.717, 1.165) is 0 Å². The Kier molecular flexibility index (Phi) is 3.36. The SMILES string of the molecule is Cc1c2ccccc2c2cccc3c2c1c1c2c(cc[n+]1C)c1cc(C(C)C)ccc1n32. The molecule has 32 heavy (non-hydrogen) atoms. The van der Waals surface area contributed by atoms with E-state index in [1.54, 1.807) is 0 Å². The van der Waals surface area contributed by atoms with Gasteiger partial charge < -0.3 is 4.40 Å². The average Bonchev–Trinajstić information content (AvgIpc) is 3.14. The van der Waals surface area contributed by atoms with Crippen LogP contribution in [-0.4, -0.2) is 4.40 Å². The van der Waals surface area contributed by atoms with Crippen LogP contribution in [0.3, 0.4) is 0 Å². The normalized spacial score (nSPS) is 12.7. The second-order valence-electron chi connectivity index (χ2n) is 9.55. The molecule has 154 valence electrons. The highest BCUT2D eigenvalue weighted by atomic mass is 15.0. The summed E-state index contributed by atoms with van der Waals surface area (Å²) in [6.45, 7) is 6.84. The second-order valence-corrected chi connectivity index (χ2v) is 9.55. The molecule has 2 nitrogen and oxygen atoms in total. The second kappa shape index (κ2) is 5.98. The molecule has 3 heterocycles. The van der Waals surface area contributed by atoms with Crippen molar-refractivity contribution in [1.29, 1.82) is 0 Å². The fraction of sp³-hybridized carbons (Fsp3) is 0.167. The molecule has 4 aromatic carbocycles. The van der Waals surface area contributed by atoms with Crippen molar-refractivity contribution in [1.82, 2.24) is 4.40 Å². The molecule has 0 fully saturated rings. The Labute approximate surface area is 186 Å². The van der Waals surface area contributed by atoms with Crippen LogP contribution in [0.1, 0.15) is 30.9 Å². The van der Waals surface area contributed by atoms with E-state index < -0.39 is 0 Å². The number of pyridine rings is 2. The number of hydrogen-bond acceptors (Lipinski definition) is 0. The van der Waals surface area contributed by atoms with E-state index in [1.165, 1.54) is 70.9 Å². The number of aryl methyl sites for hydroxylation is 2. The Morgan fingerprint density at radius 1 is 0.719 bits per heavy atom. The quantitative estimate of drug-likeness (QED) is 0.151. The van der Waals surface area contributed by atoms with Crippen LogP contribution < -0.4 is 4.57 Å². The predicted molar refractivity (Wildman–Crippen MR) is 136 cm³/mol. The summed E-state index contributed by atoms with van der Waals surface area (Å²) < 4.78 is 4.82. The molecule has 7 rings (SSSR count). The lowest BCUT2D eigenvalue weighted by Gasteiger charge is -2.16. The van der Waals surface area contributed by atoms with Crippen LogP contribution in [0.4, 0.5) is 0 Å². The van der Waals surface area contributed by atoms with Crippen molar-refractivity contribution in [2.45, 2.75) is 26.7 Å². The number of fused-ring (bicyclic) bond motifs is 7. The van der Waals surface area contributed by atoms with E-state index in [1.807, 2.05) is 0 Å². The third-order valence-corrected chi connectivity index (χ3v) is 7.51. The van der Waals surface area contributed by atoms with Crippen LogP contribution in [0, 0.1) is 6.92 Å². The molecule has 0 saturated heterocycles. The maximum Gasteiger partial charge on any atom is 0.238 e. The molecule has 3 aromatic heterocycles. The van der Waals surface area contributed by atoms with E-state index in [0.29, 0.717) is 5.92 Å². The van der Waals surface area contributed by atoms with Gasteiger partial charge in [0, 0.05) is 22.2 Å². The lowest BCUT2D eigenvalue weighted by molar-refractivity contribution is -0.644. The van der Waals surface area contributed by atoms with Crippen LogP contribution >= 0.6 is 0 Å². The molecule has 7 aromatic rings. The average molecular weight is 414 g/mol. The minimum atomic E-state index is 0.510. The summed E-state index contributed by atoms with van der Waals surface area (Å²) in [7, 11) is 2.19. The number of aromatic nitrogens is 2. The number of benzene rings is 4. The van der Waals surface area contributed by atoms with Crippen molar-refractivity contribution >= 4 is 59.8 Å². The van der Waals surface area contributed by atoms with Gasteiger partial charge >= 0.3 is 0 Å². The van der Waals surface area contributed by atoms with Crippen LogP contribution in [-0.2, 0) is 7.05 Å². The highest BCUT2D eigenvalue weighted by Crippen LogP contribution is 2.43. The summed E-state index contributed by atoms with van der Waals surface area (Å²) in [5.41, 5.74) is 7.98. The van der Waals surface area contributed by atoms with Gasteiger partial charge in [-0.3, -0.25) is 0 Å². The zero-order valence-corrected chi connectivity index (χ0v) is 18.9. The molecular formula is C30H25N2+. The standard InChI is InChI=1S/C30H25N2/c1-17(2)19-12-13-25-24(16-19)23-14-15-31(4)30-27-18(3)20-8-5-6-9-21(20)22-10-7-11-26(28(22)27)32(25)29(23)30/h5-17H,1-4H3/q+1. The largest absolute Gasteiger partial charge is 0.303 e. The van der Waals surface area contributed by atoms with Gasteiger partial charge in [0.1, 0.15) is 12.6 Å². The van der Waals surface area contributed by atoms with Gasteiger partial charge in [-0.2, -0.15) is 4.57 Å². The first-order chi connectivity index (χ1) is 15.6. The molecule has 0 aliphatic rings. The highest BCUT2D eigenvalue weighted by Gasteiger charge is 2.25. The Balaban J connectivity index is 1.90. The summed E-state index contributed by atoms with van der Waals surface area (Å²) in [5, 5.41) is 9.44. The molecule has 0 aliphatic heterocycles. The summed E-state index contributed by atoms with van der Waals surface area (Å²) in [5.74, 6) is 0.510. The van der Waals surface area contributed by atoms with Gasteiger partial charge in [0.2, 0.25) is 5.52 Å². The predicted octanol–water partition coefficient (Wildman–Crippen LogP) is 7.40. The summed E-state index contributed by atoms with van der Waals surface area (Å²) in [6, 6.07) is 25.0. The maximum atomic E-state index is 2.51. The molecular weight excluding hydrogens is 388 g/mol. The topological polar surface area (TPSA) is 8.29 Å². The first-order valence-electron chi connectivity index (χ1n) is 11.5. The third-order valence-electron chi connectivity index (χ3n) is 7.51. The third kappa shape index (κ3) is 2.03. The van der Waals surface area contributed by atoms with Crippen LogP contribution in [0.2, 0.25) is 0 Å². The zero-order valence-electron chi connectivity index (χ0n) is 18.9. The fourth-order valence-electron chi connectivity index (χ4n) is 5.94. The van der Waals surface area contributed by atoms with Crippen molar-refractivity contribution in [3.05, 3.63) is 84.1 Å². The van der Waals surface area contributed by atoms with Crippen LogP contribution in [0.5, 0.6) is 0 Å². The summed E-state index contributed by atoms with van der Waals surface area (Å²) in [6.07, 6.45) is 2.23. The first kappa shape index (κ1) is 18.0. The van der Waals surface area contributed by atoms with E-state index in [2.05, 4.69) is 110 Å². The van der Waals surface area contributed by atoms with E-state index >= 15 is 0 Å². The molecule has 2 heteroatoms.